The van der Waals surface area contributed by atoms with E-state index in [9.17, 15) is 4.79 Å². The minimum Gasteiger partial charge on any atom is -0.356 e. The molecule has 0 aliphatic rings. The van der Waals surface area contributed by atoms with Gasteiger partial charge in [-0.15, -0.1) is 0 Å². The quantitative estimate of drug-likeness (QED) is 0.544. The van der Waals surface area contributed by atoms with Gasteiger partial charge in [0.2, 0.25) is 0 Å². The Balaban J connectivity index is 1.91. The van der Waals surface area contributed by atoms with Crippen molar-refractivity contribution in [3.63, 3.8) is 0 Å². The molecule has 0 saturated carbocycles. The lowest BCUT2D eigenvalue weighted by Gasteiger charge is -2.19. The van der Waals surface area contributed by atoms with Crippen molar-refractivity contribution >= 4 is 35.1 Å². The van der Waals surface area contributed by atoms with Crippen LogP contribution in [0.15, 0.2) is 47.5 Å². The van der Waals surface area contributed by atoms with Crippen molar-refractivity contribution in [2.45, 2.75) is 19.4 Å². The van der Waals surface area contributed by atoms with E-state index in [1.165, 1.54) is 0 Å². The van der Waals surface area contributed by atoms with E-state index in [0.717, 1.165) is 17.5 Å². The lowest BCUT2D eigenvalue weighted by molar-refractivity contribution is 0.0827. The van der Waals surface area contributed by atoms with Gasteiger partial charge in [-0.25, -0.2) is 0 Å². The summed E-state index contributed by atoms with van der Waals surface area (Å²) in [5, 5.41) is 7.70. The van der Waals surface area contributed by atoms with Gasteiger partial charge in [-0.1, -0.05) is 41.4 Å². The molecule has 2 N–H and O–H groups in total. The van der Waals surface area contributed by atoms with Crippen molar-refractivity contribution in [1.82, 2.24) is 15.5 Å². The standard InChI is InChI=1S/C21H26Cl2N4O/c1-14(16-8-9-18(22)19(23)13-16)26-21(24-2)25-11-10-15-6-5-7-17(12-15)20(28)27(3)4/h5-9,12-14H,10-11H2,1-4H3,(H2,24,25,26). The summed E-state index contributed by atoms with van der Waals surface area (Å²) in [4.78, 5) is 17.9. The zero-order chi connectivity index (χ0) is 20.7. The van der Waals surface area contributed by atoms with Gasteiger partial charge < -0.3 is 15.5 Å². The normalized spacial score (nSPS) is 12.4. The van der Waals surface area contributed by atoms with Crippen LogP contribution in [0.1, 0.15) is 34.5 Å². The molecule has 7 heteroatoms. The first-order valence-corrected chi connectivity index (χ1v) is 9.80. The monoisotopic (exact) mass is 420 g/mol. The molecule has 2 aromatic rings. The van der Waals surface area contributed by atoms with Crippen LogP contribution >= 0.6 is 23.2 Å². The average molecular weight is 421 g/mol. The number of hydrogen-bond donors (Lipinski definition) is 2. The number of aliphatic imine (C=N–C) groups is 1. The third-order valence-corrected chi connectivity index (χ3v) is 5.05. The van der Waals surface area contributed by atoms with Crippen molar-refractivity contribution in [2.24, 2.45) is 4.99 Å². The second kappa shape index (κ2) is 10.3. The van der Waals surface area contributed by atoms with Gasteiger partial charge in [-0.05, 0) is 48.7 Å². The molecule has 0 aliphatic heterocycles. The fourth-order valence-corrected chi connectivity index (χ4v) is 3.01. The van der Waals surface area contributed by atoms with E-state index in [2.05, 4.69) is 15.6 Å². The first-order valence-electron chi connectivity index (χ1n) is 9.04. The molecule has 0 heterocycles. The van der Waals surface area contributed by atoms with Gasteiger partial charge in [0.05, 0.1) is 16.1 Å². The summed E-state index contributed by atoms with van der Waals surface area (Å²) in [7, 11) is 5.23. The molecular formula is C21H26Cl2N4O. The maximum absolute atomic E-state index is 12.1. The Morgan fingerprint density at radius 2 is 1.89 bits per heavy atom. The summed E-state index contributed by atoms with van der Waals surface area (Å²) in [6.45, 7) is 2.72. The molecule has 150 valence electrons. The predicted molar refractivity (Wildman–Crippen MR) is 118 cm³/mol. The van der Waals surface area contributed by atoms with E-state index in [0.29, 0.717) is 28.1 Å². The Labute approximate surface area is 176 Å². The average Bonchev–Trinajstić information content (AvgIpc) is 2.68. The minimum atomic E-state index is 0.00253. The molecule has 0 spiro atoms. The van der Waals surface area contributed by atoms with Gasteiger partial charge in [-0.3, -0.25) is 9.79 Å². The third kappa shape index (κ3) is 6.14. The number of hydrogen-bond acceptors (Lipinski definition) is 2. The molecule has 1 unspecified atom stereocenters. The number of carbonyl (C=O) groups excluding carboxylic acids is 1. The second-order valence-electron chi connectivity index (χ2n) is 6.69. The molecule has 1 amide bonds. The number of halogens is 2. The maximum atomic E-state index is 12.1. The van der Waals surface area contributed by atoms with Crippen LogP contribution in [-0.2, 0) is 6.42 Å². The van der Waals surface area contributed by atoms with E-state index in [1.54, 1.807) is 32.1 Å². The number of carbonyl (C=O) groups is 1. The molecule has 0 aromatic heterocycles. The molecule has 0 radical (unpaired) electrons. The molecule has 0 bridgehead atoms. The molecule has 2 aromatic carbocycles. The van der Waals surface area contributed by atoms with Crippen molar-refractivity contribution in [1.29, 1.82) is 0 Å². The molecule has 28 heavy (non-hydrogen) atoms. The van der Waals surface area contributed by atoms with Crippen LogP contribution in [0, 0.1) is 0 Å². The zero-order valence-electron chi connectivity index (χ0n) is 16.6. The van der Waals surface area contributed by atoms with Crippen molar-refractivity contribution < 1.29 is 4.79 Å². The summed E-state index contributed by atoms with van der Waals surface area (Å²) in [6.07, 6.45) is 0.774. The fraction of sp³-hybridized carbons (Fsp3) is 0.333. The van der Waals surface area contributed by atoms with E-state index >= 15 is 0 Å². The number of benzene rings is 2. The second-order valence-corrected chi connectivity index (χ2v) is 7.50. The Bertz CT molecular complexity index is 852. The Morgan fingerprint density at radius 1 is 1.14 bits per heavy atom. The largest absolute Gasteiger partial charge is 0.356 e. The Morgan fingerprint density at radius 3 is 2.54 bits per heavy atom. The van der Waals surface area contributed by atoms with Crippen molar-refractivity contribution in [3.8, 4) is 0 Å². The summed E-state index contributed by atoms with van der Waals surface area (Å²) in [5.41, 5.74) is 2.80. The minimum absolute atomic E-state index is 0.00253. The van der Waals surface area contributed by atoms with E-state index < -0.39 is 0 Å². The summed E-state index contributed by atoms with van der Waals surface area (Å²) in [6, 6.07) is 13.3. The maximum Gasteiger partial charge on any atom is 0.253 e. The van der Waals surface area contributed by atoms with Gasteiger partial charge in [0.15, 0.2) is 5.96 Å². The number of guanidine groups is 1. The topological polar surface area (TPSA) is 56.7 Å². The van der Waals surface area contributed by atoms with Gasteiger partial charge in [0.25, 0.3) is 5.91 Å². The predicted octanol–water partition coefficient (Wildman–Crippen LogP) is 4.16. The van der Waals surface area contributed by atoms with Crippen LogP contribution in [-0.4, -0.2) is 44.5 Å². The smallest absolute Gasteiger partial charge is 0.253 e. The summed E-state index contributed by atoms with van der Waals surface area (Å²) >= 11 is 12.1. The first kappa shape index (κ1) is 22.1. The van der Waals surface area contributed by atoms with Crippen LogP contribution < -0.4 is 10.6 Å². The summed E-state index contributed by atoms with van der Waals surface area (Å²) < 4.78 is 0. The highest BCUT2D eigenvalue weighted by Crippen LogP contribution is 2.25. The molecule has 0 fully saturated rings. The molecule has 0 aliphatic carbocycles. The van der Waals surface area contributed by atoms with E-state index in [-0.39, 0.29) is 11.9 Å². The molecular weight excluding hydrogens is 395 g/mol. The van der Waals surface area contributed by atoms with Crippen molar-refractivity contribution in [3.05, 3.63) is 69.2 Å². The van der Waals surface area contributed by atoms with Crippen LogP contribution in [0.2, 0.25) is 10.0 Å². The highest BCUT2D eigenvalue weighted by molar-refractivity contribution is 6.42. The Kier molecular flexibility index (Phi) is 8.15. The molecule has 1 atom stereocenters. The van der Waals surface area contributed by atoms with Gasteiger partial charge in [-0.2, -0.15) is 0 Å². The molecule has 0 saturated heterocycles. The summed E-state index contributed by atoms with van der Waals surface area (Å²) in [5.74, 6) is 0.696. The molecule has 5 nitrogen and oxygen atoms in total. The van der Waals surface area contributed by atoms with Crippen LogP contribution in [0.4, 0.5) is 0 Å². The van der Waals surface area contributed by atoms with Crippen LogP contribution in [0.25, 0.3) is 0 Å². The highest BCUT2D eigenvalue weighted by Gasteiger charge is 2.10. The van der Waals surface area contributed by atoms with Gasteiger partial charge >= 0.3 is 0 Å². The van der Waals surface area contributed by atoms with Crippen molar-refractivity contribution in [2.75, 3.05) is 27.7 Å². The van der Waals surface area contributed by atoms with Crippen LogP contribution in [0.5, 0.6) is 0 Å². The molecule has 2 rings (SSSR count). The number of nitrogens with one attached hydrogen (secondary N) is 2. The number of nitrogens with zero attached hydrogens (tertiary/aromatic N) is 2. The van der Waals surface area contributed by atoms with E-state index in [4.69, 9.17) is 23.2 Å². The van der Waals surface area contributed by atoms with Crippen LogP contribution in [0.3, 0.4) is 0 Å². The third-order valence-electron chi connectivity index (χ3n) is 4.31. The SMILES string of the molecule is CN=C(NCCc1cccc(C(=O)N(C)C)c1)NC(C)c1ccc(Cl)c(Cl)c1. The lowest BCUT2D eigenvalue weighted by Crippen LogP contribution is -2.39. The lowest BCUT2D eigenvalue weighted by atomic mass is 10.1. The Hall–Kier alpha value is -2.24. The van der Waals surface area contributed by atoms with E-state index in [1.807, 2.05) is 43.3 Å². The fourth-order valence-electron chi connectivity index (χ4n) is 2.71. The first-order chi connectivity index (χ1) is 13.3. The number of rotatable bonds is 6. The van der Waals surface area contributed by atoms with Gasteiger partial charge in [0.1, 0.15) is 0 Å². The number of amides is 1. The highest BCUT2D eigenvalue weighted by atomic mass is 35.5. The zero-order valence-corrected chi connectivity index (χ0v) is 18.1. The van der Waals surface area contributed by atoms with Gasteiger partial charge in [0, 0.05) is 33.3 Å².